The van der Waals surface area contributed by atoms with Gasteiger partial charge in [-0.1, -0.05) is 31.5 Å². The third-order valence-corrected chi connectivity index (χ3v) is 4.16. The van der Waals surface area contributed by atoms with Gasteiger partial charge in [0.05, 0.1) is 4.90 Å². The van der Waals surface area contributed by atoms with Gasteiger partial charge in [-0.3, -0.25) is 4.99 Å². The Kier molecular flexibility index (Phi) is 6.64. The summed E-state index contributed by atoms with van der Waals surface area (Å²) in [5.74, 6) is 0.767. The van der Waals surface area contributed by atoms with Crippen molar-refractivity contribution >= 4 is 16.0 Å². The molecule has 1 rings (SSSR count). The Morgan fingerprint density at radius 3 is 2.43 bits per heavy atom. The Morgan fingerprint density at radius 2 is 1.86 bits per heavy atom. The molecular weight excluding hydrogens is 288 g/mol. The standard InChI is InChI=1S/C14H24N4O2S/c1-11(2)10-17-14(15)16-8-9-18-21(19,20)13-6-4-12(3)5-7-13/h4-7,11,18H,8-10H2,1-3H3,(H3,15,16,17). The highest BCUT2D eigenvalue weighted by Crippen LogP contribution is 2.09. The number of benzene rings is 1. The van der Waals surface area contributed by atoms with Crippen LogP contribution in [0.25, 0.3) is 0 Å². The Morgan fingerprint density at radius 1 is 1.24 bits per heavy atom. The van der Waals surface area contributed by atoms with E-state index >= 15 is 0 Å². The molecule has 6 nitrogen and oxygen atoms in total. The zero-order valence-electron chi connectivity index (χ0n) is 12.8. The smallest absolute Gasteiger partial charge is 0.240 e. The van der Waals surface area contributed by atoms with Gasteiger partial charge in [0.2, 0.25) is 10.0 Å². The van der Waals surface area contributed by atoms with Crippen LogP contribution < -0.4 is 15.8 Å². The van der Waals surface area contributed by atoms with Crippen LogP contribution in [0.4, 0.5) is 0 Å². The van der Waals surface area contributed by atoms with Crippen LogP contribution in [0.2, 0.25) is 0 Å². The third-order valence-electron chi connectivity index (χ3n) is 2.68. The Labute approximate surface area is 126 Å². The van der Waals surface area contributed by atoms with E-state index in [1.807, 2.05) is 20.8 Å². The maximum atomic E-state index is 12.0. The molecule has 0 saturated carbocycles. The first-order valence-electron chi connectivity index (χ1n) is 6.91. The fourth-order valence-electron chi connectivity index (χ4n) is 1.51. The van der Waals surface area contributed by atoms with Crippen LogP contribution in [-0.4, -0.2) is 34.0 Å². The van der Waals surface area contributed by atoms with E-state index in [0.29, 0.717) is 25.0 Å². The molecule has 0 aromatic heterocycles. The maximum absolute atomic E-state index is 12.0. The molecule has 0 atom stereocenters. The Hall–Kier alpha value is -1.60. The molecule has 4 N–H and O–H groups in total. The summed E-state index contributed by atoms with van der Waals surface area (Å²) < 4.78 is 26.5. The summed E-state index contributed by atoms with van der Waals surface area (Å²) in [6, 6.07) is 6.71. The second kappa shape index (κ2) is 7.99. The monoisotopic (exact) mass is 312 g/mol. The summed E-state index contributed by atoms with van der Waals surface area (Å²) in [5, 5.41) is 2.87. The highest BCUT2D eigenvalue weighted by Gasteiger charge is 2.12. The van der Waals surface area contributed by atoms with Crippen molar-refractivity contribution in [2.24, 2.45) is 16.6 Å². The van der Waals surface area contributed by atoms with E-state index in [2.05, 4.69) is 15.0 Å². The topological polar surface area (TPSA) is 96.6 Å². The number of aryl methyl sites for hydroxylation is 1. The number of nitrogens with one attached hydrogen (secondary N) is 2. The lowest BCUT2D eigenvalue weighted by molar-refractivity contribution is 0.580. The number of hydrogen-bond donors (Lipinski definition) is 3. The van der Waals surface area contributed by atoms with Crippen LogP contribution in [0, 0.1) is 12.8 Å². The van der Waals surface area contributed by atoms with Crippen molar-refractivity contribution in [3.63, 3.8) is 0 Å². The minimum Gasteiger partial charge on any atom is -0.370 e. The van der Waals surface area contributed by atoms with Crippen molar-refractivity contribution in [2.45, 2.75) is 25.7 Å². The van der Waals surface area contributed by atoms with Gasteiger partial charge in [0.25, 0.3) is 0 Å². The number of sulfonamides is 1. The molecule has 0 aliphatic carbocycles. The summed E-state index contributed by atoms with van der Waals surface area (Å²) in [4.78, 5) is 4.39. The summed E-state index contributed by atoms with van der Waals surface area (Å²) in [5.41, 5.74) is 6.68. The predicted octanol–water partition coefficient (Wildman–Crippen LogP) is 0.834. The Balaban J connectivity index is 2.41. The van der Waals surface area contributed by atoms with Crippen molar-refractivity contribution in [3.8, 4) is 0 Å². The van der Waals surface area contributed by atoms with Gasteiger partial charge in [0.1, 0.15) is 0 Å². The molecule has 0 radical (unpaired) electrons. The number of aliphatic imine (C=N–C) groups is 1. The predicted molar refractivity (Wildman–Crippen MR) is 85.7 cm³/mol. The minimum absolute atomic E-state index is 0.244. The van der Waals surface area contributed by atoms with Crippen molar-refractivity contribution in [3.05, 3.63) is 29.8 Å². The average Bonchev–Trinajstić information content (AvgIpc) is 2.42. The van der Waals surface area contributed by atoms with Crippen LogP contribution in [0.5, 0.6) is 0 Å². The molecule has 118 valence electrons. The molecule has 0 fully saturated rings. The number of nitrogens with zero attached hydrogens (tertiary/aromatic N) is 1. The molecule has 7 heteroatoms. The molecule has 0 aliphatic rings. The molecule has 1 aromatic rings. The van der Waals surface area contributed by atoms with Gasteiger partial charge in [-0.05, 0) is 25.0 Å². The zero-order chi connectivity index (χ0) is 15.9. The quantitative estimate of drug-likeness (QED) is 0.395. The Bertz CT molecular complexity index is 565. The van der Waals surface area contributed by atoms with E-state index < -0.39 is 10.0 Å². The first-order valence-corrected chi connectivity index (χ1v) is 8.39. The van der Waals surface area contributed by atoms with E-state index in [1.165, 1.54) is 0 Å². The molecule has 0 heterocycles. The molecule has 1 aromatic carbocycles. The SMILES string of the molecule is Cc1ccc(S(=O)(=O)NCCNC(N)=NCC(C)C)cc1. The van der Waals surface area contributed by atoms with Gasteiger partial charge in [-0.15, -0.1) is 0 Å². The van der Waals surface area contributed by atoms with Gasteiger partial charge in [-0.2, -0.15) is 0 Å². The lowest BCUT2D eigenvalue weighted by Gasteiger charge is -2.09. The molecular formula is C14H24N4O2S. The number of hydrogen-bond acceptors (Lipinski definition) is 3. The minimum atomic E-state index is -3.47. The van der Waals surface area contributed by atoms with Crippen LogP contribution in [0.1, 0.15) is 19.4 Å². The normalized spacial score (nSPS) is 12.7. The van der Waals surface area contributed by atoms with Crippen LogP contribution in [0.3, 0.4) is 0 Å². The van der Waals surface area contributed by atoms with Gasteiger partial charge in [-0.25, -0.2) is 13.1 Å². The van der Waals surface area contributed by atoms with Crippen molar-refractivity contribution in [2.75, 3.05) is 19.6 Å². The van der Waals surface area contributed by atoms with Gasteiger partial charge < -0.3 is 11.1 Å². The van der Waals surface area contributed by atoms with Gasteiger partial charge in [0, 0.05) is 19.6 Å². The lowest BCUT2D eigenvalue weighted by Crippen LogP contribution is -2.38. The van der Waals surface area contributed by atoms with Crippen molar-refractivity contribution in [1.29, 1.82) is 0 Å². The first kappa shape index (κ1) is 17.5. The van der Waals surface area contributed by atoms with Crippen LogP contribution in [0.15, 0.2) is 34.2 Å². The average molecular weight is 312 g/mol. The van der Waals surface area contributed by atoms with E-state index in [4.69, 9.17) is 5.73 Å². The molecule has 0 spiro atoms. The maximum Gasteiger partial charge on any atom is 0.240 e. The van der Waals surface area contributed by atoms with E-state index in [0.717, 1.165) is 5.56 Å². The number of rotatable bonds is 7. The van der Waals surface area contributed by atoms with Crippen LogP contribution in [-0.2, 0) is 10.0 Å². The van der Waals surface area contributed by atoms with Crippen molar-refractivity contribution in [1.82, 2.24) is 10.0 Å². The molecule has 0 bridgehead atoms. The highest BCUT2D eigenvalue weighted by atomic mass is 32.2. The number of nitrogens with two attached hydrogens (primary N) is 1. The van der Waals surface area contributed by atoms with E-state index in [9.17, 15) is 8.42 Å². The summed E-state index contributed by atoms with van der Waals surface area (Å²) >= 11 is 0. The van der Waals surface area contributed by atoms with E-state index in [-0.39, 0.29) is 11.4 Å². The summed E-state index contributed by atoms with van der Waals surface area (Å²) in [6.45, 7) is 7.28. The number of guanidine groups is 1. The van der Waals surface area contributed by atoms with E-state index in [1.54, 1.807) is 24.3 Å². The summed E-state index contributed by atoms with van der Waals surface area (Å²) in [7, 11) is -3.47. The molecule has 21 heavy (non-hydrogen) atoms. The first-order chi connectivity index (χ1) is 9.81. The van der Waals surface area contributed by atoms with Gasteiger partial charge in [0.15, 0.2) is 5.96 Å². The second-order valence-corrected chi connectivity index (χ2v) is 7.02. The zero-order valence-corrected chi connectivity index (χ0v) is 13.6. The molecule has 0 saturated heterocycles. The molecule has 0 aliphatic heterocycles. The molecule has 0 amide bonds. The fraction of sp³-hybridized carbons (Fsp3) is 0.500. The second-order valence-electron chi connectivity index (χ2n) is 5.26. The largest absolute Gasteiger partial charge is 0.370 e. The summed E-state index contributed by atoms with van der Waals surface area (Å²) in [6.07, 6.45) is 0. The lowest BCUT2D eigenvalue weighted by atomic mass is 10.2. The third kappa shape index (κ3) is 6.59. The van der Waals surface area contributed by atoms with Crippen molar-refractivity contribution < 1.29 is 8.42 Å². The van der Waals surface area contributed by atoms with Gasteiger partial charge >= 0.3 is 0 Å². The highest BCUT2D eigenvalue weighted by molar-refractivity contribution is 7.89. The molecule has 0 unspecified atom stereocenters. The van der Waals surface area contributed by atoms with Crippen LogP contribution >= 0.6 is 0 Å². The fourth-order valence-corrected chi connectivity index (χ4v) is 2.55.